The molecule has 0 atom stereocenters. The van der Waals surface area contributed by atoms with Crippen molar-refractivity contribution < 1.29 is 4.74 Å². The van der Waals surface area contributed by atoms with Crippen molar-refractivity contribution >= 4 is 0 Å². The van der Waals surface area contributed by atoms with Crippen LogP contribution in [-0.4, -0.2) is 17.3 Å². The topological polar surface area (TPSA) is 83.9 Å². The third-order valence-electron chi connectivity index (χ3n) is 3.09. The molecule has 0 fully saturated rings. The van der Waals surface area contributed by atoms with E-state index in [1.165, 1.54) is 0 Å². The fourth-order valence-electron chi connectivity index (χ4n) is 2.09. The Kier molecular flexibility index (Phi) is 3.25. The van der Waals surface area contributed by atoms with E-state index in [0.29, 0.717) is 5.56 Å². The largest absolute Gasteiger partial charge is 0.496 e. The van der Waals surface area contributed by atoms with Gasteiger partial charge in [-0.3, -0.25) is 15.0 Å². The van der Waals surface area contributed by atoms with Crippen LogP contribution in [0.3, 0.4) is 0 Å². The highest BCUT2D eigenvalue weighted by atomic mass is 16.5. The highest BCUT2D eigenvalue weighted by molar-refractivity contribution is 5.68. The summed E-state index contributed by atoms with van der Waals surface area (Å²) in [6.45, 7) is 4.15. The van der Waals surface area contributed by atoms with Crippen LogP contribution >= 0.6 is 0 Å². The molecule has 4 N–H and O–H groups in total. The van der Waals surface area contributed by atoms with Gasteiger partial charge in [-0.25, -0.2) is 0 Å². The summed E-state index contributed by atoms with van der Waals surface area (Å²) in [5.74, 6) is 0.837. The van der Waals surface area contributed by atoms with Gasteiger partial charge >= 0.3 is 0 Å². The molecule has 0 amide bonds. The van der Waals surface area contributed by atoms with E-state index < -0.39 is 0 Å². The summed E-state index contributed by atoms with van der Waals surface area (Å²) < 4.78 is 5.27. The maximum atomic E-state index is 11.6. The maximum Gasteiger partial charge on any atom is 0.269 e. The van der Waals surface area contributed by atoms with E-state index >= 15 is 0 Å². The standard InChI is InChI=1S/C13H17N3O2/c1-7-5-11(18-3)8(2)4-9(7)12-10(6-14)13(17)16-15-12/h4-5H,6,14H2,1-3H3,(H2,15,16,17). The second-order valence-electron chi connectivity index (χ2n) is 4.27. The number of nitrogens with one attached hydrogen (secondary N) is 2. The highest BCUT2D eigenvalue weighted by Gasteiger charge is 2.14. The fraction of sp³-hybridized carbons (Fsp3) is 0.308. The third kappa shape index (κ3) is 1.93. The van der Waals surface area contributed by atoms with E-state index in [0.717, 1.165) is 28.1 Å². The molecule has 0 bridgehead atoms. The van der Waals surface area contributed by atoms with Gasteiger partial charge in [0.1, 0.15) is 5.75 Å². The quantitative estimate of drug-likeness (QED) is 0.767. The minimum absolute atomic E-state index is 0.166. The molecule has 18 heavy (non-hydrogen) atoms. The van der Waals surface area contributed by atoms with Gasteiger partial charge in [-0.2, -0.15) is 0 Å². The average molecular weight is 247 g/mol. The van der Waals surface area contributed by atoms with Crippen molar-refractivity contribution in [3.05, 3.63) is 39.2 Å². The van der Waals surface area contributed by atoms with Crippen LogP contribution in [0.25, 0.3) is 11.3 Å². The van der Waals surface area contributed by atoms with Crippen molar-refractivity contribution in [1.29, 1.82) is 0 Å². The number of hydrogen-bond donors (Lipinski definition) is 3. The molecule has 2 rings (SSSR count). The molecule has 0 aliphatic carbocycles. The molecule has 0 saturated heterocycles. The number of aryl methyl sites for hydroxylation is 2. The normalized spacial score (nSPS) is 10.7. The van der Waals surface area contributed by atoms with Gasteiger partial charge in [-0.15, -0.1) is 0 Å². The van der Waals surface area contributed by atoms with Crippen molar-refractivity contribution in [3.63, 3.8) is 0 Å². The van der Waals surface area contributed by atoms with Gasteiger partial charge in [-0.1, -0.05) is 0 Å². The lowest BCUT2D eigenvalue weighted by Crippen LogP contribution is -2.10. The number of methoxy groups -OCH3 is 1. The Morgan fingerprint density at radius 1 is 1.22 bits per heavy atom. The summed E-state index contributed by atoms with van der Waals surface area (Å²) in [7, 11) is 1.64. The summed E-state index contributed by atoms with van der Waals surface area (Å²) in [6.07, 6.45) is 0. The Balaban J connectivity index is 2.64. The number of H-pyrrole nitrogens is 2. The summed E-state index contributed by atoms with van der Waals surface area (Å²) in [6, 6.07) is 3.95. The molecule has 0 radical (unpaired) electrons. The molecule has 1 aromatic carbocycles. The smallest absolute Gasteiger partial charge is 0.269 e. The number of nitrogens with two attached hydrogens (primary N) is 1. The minimum Gasteiger partial charge on any atom is -0.496 e. The molecular weight excluding hydrogens is 230 g/mol. The van der Waals surface area contributed by atoms with Gasteiger partial charge < -0.3 is 10.5 Å². The first-order chi connectivity index (χ1) is 8.58. The molecule has 0 unspecified atom stereocenters. The van der Waals surface area contributed by atoms with E-state index in [4.69, 9.17) is 10.5 Å². The molecule has 1 heterocycles. The van der Waals surface area contributed by atoms with Gasteiger partial charge in [0.05, 0.1) is 18.4 Å². The lowest BCUT2D eigenvalue weighted by Gasteiger charge is -2.11. The van der Waals surface area contributed by atoms with Crippen LogP contribution < -0.4 is 16.0 Å². The van der Waals surface area contributed by atoms with Crippen molar-refractivity contribution in [2.45, 2.75) is 20.4 Å². The summed E-state index contributed by atoms with van der Waals surface area (Å²) in [5.41, 5.74) is 9.79. The Labute approximate surface area is 105 Å². The van der Waals surface area contributed by atoms with Crippen LogP contribution in [0.1, 0.15) is 16.7 Å². The second kappa shape index (κ2) is 4.70. The molecule has 0 aliphatic rings. The number of rotatable bonds is 3. The molecule has 5 nitrogen and oxygen atoms in total. The molecular formula is C13H17N3O2. The first kappa shape index (κ1) is 12.4. The Bertz CT molecular complexity index is 626. The number of aromatic nitrogens is 2. The lowest BCUT2D eigenvalue weighted by atomic mass is 9.99. The zero-order chi connectivity index (χ0) is 13.3. The Morgan fingerprint density at radius 3 is 2.56 bits per heavy atom. The van der Waals surface area contributed by atoms with Gasteiger partial charge in [-0.05, 0) is 37.1 Å². The van der Waals surface area contributed by atoms with Gasteiger partial charge in [0.2, 0.25) is 0 Å². The van der Waals surface area contributed by atoms with E-state index in [9.17, 15) is 4.79 Å². The van der Waals surface area contributed by atoms with Crippen molar-refractivity contribution in [1.82, 2.24) is 10.2 Å². The Hall–Kier alpha value is -2.01. The van der Waals surface area contributed by atoms with E-state index in [1.54, 1.807) is 7.11 Å². The van der Waals surface area contributed by atoms with Crippen LogP contribution in [-0.2, 0) is 6.54 Å². The summed E-state index contributed by atoms with van der Waals surface area (Å²) in [5, 5.41) is 5.46. The zero-order valence-electron chi connectivity index (χ0n) is 10.8. The molecule has 96 valence electrons. The van der Waals surface area contributed by atoms with Crippen molar-refractivity contribution in [2.75, 3.05) is 7.11 Å². The van der Waals surface area contributed by atoms with E-state index in [-0.39, 0.29) is 12.1 Å². The molecule has 0 saturated carbocycles. The average Bonchev–Trinajstić information content (AvgIpc) is 2.72. The van der Waals surface area contributed by atoms with E-state index in [2.05, 4.69) is 10.2 Å². The number of aromatic amines is 2. The van der Waals surface area contributed by atoms with Crippen LogP contribution in [0.15, 0.2) is 16.9 Å². The van der Waals surface area contributed by atoms with Crippen LogP contribution in [0.4, 0.5) is 0 Å². The number of hydrogen-bond acceptors (Lipinski definition) is 3. The van der Waals surface area contributed by atoms with Crippen molar-refractivity contribution in [2.24, 2.45) is 5.73 Å². The number of ether oxygens (including phenoxy) is 1. The highest BCUT2D eigenvalue weighted by Crippen LogP contribution is 2.29. The summed E-state index contributed by atoms with van der Waals surface area (Å²) >= 11 is 0. The Morgan fingerprint density at radius 2 is 1.94 bits per heavy atom. The predicted molar refractivity (Wildman–Crippen MR) is 70.8 cm³/mol. The molecule has 0 aliphatic heterocycles. The van der Waals surface area contributed by atoms with Crippen LogP contribution in [0.5, 0.6) is 5.75 Å². The van der Waals surface area contributed by atoms with Crippen LogP contribution in [0, 0.1) is 13.8 Å². The van der Waals surface area contributed by atoms with Crippen LogP contribution in [0.2, 0.25) is 0 Å². The van der Waals surface area contributed by atoms with Gasteiger partial charge in [0.15, 0.2) is 0 Å². The SMILES string of the molecule is COc1cc(C)c(-c2[nH][nH]c(=O)c2CN)cc1C. The molecule has 5 heteroatoms. The third-order valence-corrected chi connectivity index (χ3v) is 3.09. The van der Waals surface area contributed by atoms with Gasteiger partial charge in [0.25, 0.3) is 5.56 Å². The predicted octanol–water partition coefficient (Wildman–Crippen LogP) is 1.45. The monoisotopic (exact) mass is 247 g/mol. The van der Waals surface area contributed by atoms with Crippen molar-refractivity contribution in [3.8, 4) is 17.0 Å². The maximum absolute atomic E-state index is 11.6. The second-order valence-corrected chi connectivity index (χ2v) is 4.27. The first-order valence-corrected chi connectivity index (χ1v) is 5.73. The molecule has 1 aromatic heterocycles. The summed E-state index contributed by atoms with van der Waals surface area (Å²) in [4.78, 5) is 11.6. The lowest BCUT2D eigenvalue weighted by molar-refractivity contribution is 0.411. The first-order valence-electron chi connectivity index (χ1n) is 5.73. The van der Waals surface area contributed by atoms with E-state index in [1.807, 2.05) is 26.0 Å². The molecule has 0 spiro atoms. The molecule has 2 aromatic rings. The zero-order valence-corrected chi connectivity index (χ0v) is 10.8. The number of benzene rings is 1. The van der Waals surface area contributed by atoms with Gasteiger partial charge in [0, 0.05) is 12.1 Å². The fourth-order valence-corrected chi connectivity index (χ4v) is 2.09. The minimum atomic E-state index is -0.166.